The summed E-state index contributed by atoms with van der Waals surface area (Å²) in [4.78, 5) is 53.9. The third kappa shape index (κ3) is 71.6. The van der Waals surface area contributed by atoms with E-state index in [2.05, 4.69) is 67.0 Å². The smallest absolute Gasteiger partial charge is 0.243 e. The highest BCUT2D eigenvalue weighted by Gasteiger charge is 2.24. The summed E-state index contributed by atoms with van der Waals surface area (Å²) >= 11 is 0. The van der Waals surface area contributed by atoms with Gasteiger partial charge in [0.1, 0.15) is 12.1 Å². The van der Waals surface area contributed by atoms with Gasteiger partial charge in [0.25, 0.3) is 0 Å². The topological polar surface area (TPSA) is 241 Å². The van der Waals surface area contributed by atoms with Crippen LogP contribution < -0.4 is 64.6 Å². The molecular formula is C69H148N12O4S2. The number of carbonyl (C=O) groups excluding carboxylic acids is 4. The molecule has 0 bridgehead atoms. The van der Waals surface area contributed by atoms with Crippen LogP contribution in [0.5, 0.6) is 0 Å². The fraction of sp³-hybridized carbons (Fsp3) is 0.942. The molecule has 0 aromatic heterocycles. The Morgan fingerprint density at radius 3 is 0.782 bits per heavy atom. The summed E-state index contributed by atoms with van der Waals surface area (Å²) in [7, 11) is 2.90. The average molecular weight is 1270 g/mol. The molecule has 0 aliphatic heterocycles. The van der Waals surface area contributed by atoms with E-state index in [1.807, 2.05) is 13.8 Å². The van der Waals surface area contributed by atoms with E-state index in [0.717, 1.165) is 142 Å². The van der Waals surface area contributed by atoms with Crippen LogP contribution in [0.15, 0.2) is 0 Å². The number of hydrogen-bond acceptors (Lipinski definition) is 14. The Morgan fingerprint density at radius 1 is 0.299 bits per heavy atom. The average Bonchev–Trinajstić information content (AvgIpc) is 3.64. The predicted molar refractivity (Wildman–Crippen MR) is 384 cm³/mol. The lowest BCUT2D eigenvalue weighted by atomic mass is 10.0. The monoisotopic (exact) mass is 1270 g/mol. The first kappa shape index (κ1) is 89.5. The number of unbranched alkanes of at least 4 members (excludes halogenated alkanes) is 32. The Balaban J connectivity index is -0.0000232. The molecule has 0 saturated carbocycles. The lowest BCUT2D eigenvalue weighted by molar-refractivity contribution is -0.128. The second-order valence-electron chi connectivity index (χ2n) is 23.8. The third-order valence-electron chi connectivity index (χ3n) is 15.5. The number of amides is 4. The van der Waals surface area contributed by atoms with Gasteiger partial charge in [-0.25, -0.2) is 0 Å². The molecular weight excluding hydrogens is 1120 g/mol. The second kappa shape index (κ2) is 78.5. The van der Waals surface area contributed by atoms with Gasteiger partial charge in [0.15, 0.2) is 0 Å². The van der Waals surface area contributed by atoms with E-state index in [9.17, 15) is 19.2 Å². The number of rotatable bonds is 71. The van der Waals surface area contributed by atoms with Crippen LogP contribution in [0.4, 0.5) is 0 Å². The maximum Gasteiger partial charge on any atom is 0.243 e. The van der Waals surface area contributed by atoms with E-state index in [-0.39, 0.29) is 44.1 Å². The van der Waals surface area contributed by atoms with Gasteiger partial charge in [-0.15, -0.1) is 0 Å². The largest absolute Gasteiger partial charge is 0.354 e. The molecule has 2 unspecified atom stereocenters. The summed E-state index contributed by atoms with van der Waals surface area (Å²) in [6.45, 7) is 20.4. The standard InChI is InChI=1S/C66H138N12O4S2.C2H6.CH4/c1-3-5-7-9-11-13-15-17-19-21-23-25-27-29-31-33-55-75-65(81)61(77-63(79)57-73-53-41-51-71-47-37-35-45-69-49-39-43-67)59-83-84-60-62(78-64(80)58-74-54-42-52-72-48-38-36-46-70-50-40-44-68)66(82)76-56-34-32-30-28-26-24-22-20-18-16-14-12-10-8-6-4-2;1-2;/h61-62,69-74H,3-60,67-68H2,1-2H3,(H,75,81)(H,76,82)(H,77,79)(H,78,80);1-2H3;1H4. The first-order chi connectivity index (χ1) is 42.4. The molecule has 0 saturated heterocycles. The van der Waals surface area contributed by atoms with Crippen molar-refractivity contribution in [1.82, 2.24) is 53.2 Å². The molecule has 520 valence electrons. The maximum absolute atomic E-state index is 13.7. The minimum atomic E-state index is -0.733. The summed E-state index contributed by atoms with van der Waals surface area (Å²) in [5, 5.41) is 32.6. The molecule has 0 fully saturated rings. The molecule has 0 rings (SSSR count). The van der Waals surface area contributed by atoms with E-state index in [0.29, 0.717) is 37.7 Å². The van der Waals surface area contributed by atoms with Crippen molar-refractivity contribution in [2.75, 3.05) is 116 Å². The van der Waals surface area contributed by atoms with Crippen LogP contribution in [-0.4, -0.2) is 152 Å². The molecule has 0 spiro atoms. The van der Waals surface area contributed by atoms with E-state index >= 15 is 0 Å². The molecule has 4 amide bonds. The molecule has 0 aromatic carbocycles. The van der Waals surface area contributed by atoms with Crippen LogP contribution in [0, 0.1) is 0 Å². The highest BCUT2D eigenvalue weighted by Crippen LogP contribution is 2.24. The highest BCUT2D eigenvalue weighted by atomic mass is 33.1. The third-order valence-corrected chi connectivity index (χ3v) is 18.0. The molecule has 0 aliphatic carbocycles. The molecule has 14 N–H and O–H groups in total. The Hall–Kier alpha value is -1.74. The number of hydrogen-bond donors (Lipinski definition) is 12. The Labute approximate surface area is 546 Å². The normalized spacial score (nSPS) is 11.8. The van der Waals surface area contributed by atoms with Gasteiger partial charge in [-0.05, 0) is 143 Å². The fourth-order valence-electron chi connectivity index (χ4n) is 10.1. The van der Waals surface area contributed by atoms with Gasteiger partial charge in [0.2, 0.25) is 23.6 Å². The van der Waals surface area contributed by atoms with Gasteiger partial charge in [0, 0.05) is 24.6 Å². The van der Waals surface area contributed by atoms with Crippen molar-refractivity contribution in [1.29, 1.82) is 0 Å². The lowest BCUT2D eigenvalue weighted by Crippen LogP contribution is -2.51. The van der Waals surface area contributed by atoms with Crippen LogP contribution in [0.1, 0.15) is 292 Å². The van der Waals surface area contributed by atoms with Gasteiger partial charge in [-0.3, -0.25) is 19.2 Å². The zero-order valence-corrected chi connectivity index (χ0v) is 58.4. The van der Waals surface area contributed by atoms with Gasteiger partial charge >= 0.3 is 0 Å². The van der Waals surface area contributed by atoms with Crippen LogP contribution in [0.2, 0.25) is 0 Å². The zero-order valence-electron chi connectivity index (χ0n) is 56.8. The lowest BCUT2D eigenvalue weighted by Gasteiger charge is -2.20. The fourth-order valence-corrected chi connectivity index (χ4v) is 12.5. The summed E-state index contributed by atoms with van der Waals surface area (Å²) < 4.78 is 0. The first-order valence-electron chi connectivity index (χ1n) is 36.4. The van der Waals surface area contributed by atoms with Crippen LogP contribution in [0.25, 0.3) is 0 Å². The number of carbonyl (C=O) groups is 4. The van der Waals surface area contributed by atoms with Gasteiger partial charge in [0.05, 0.1) is 13.1 Å². The van der Waals surface area contributed by atoms with Crippen molar-refractivity contribution in [2.24, 2.45) is 11.5 Å². The minimum absolute atomic E-state index is 0. The van der Waals surface area contributed by atoms with E-state index in [1.165, 1.54) is 201 Å². The quantitative estimate of drug-likeness (QED) is 0.0200. The molecule has 2 atom stereocenters. The van der Waals surface area contributed by atoms with Gasteiger partial charge in [-0.1, -0.05) is 249 Å². The SMILES string of the molecule is C.CC.CCCCCCCCCCCCCCCCCCNC(=O)C(CSSCC(NC(=O)CNCCCNCCCCNCCCN)C(=O)NCCCCCCCCCCCCCCCCCC)NC(=O)CNCCCNCCCCNCCCN. The highest BCUT2D eigenvalue weighted by molar-refractivity contribution is 8.76. The molecule has 87 heavy (non-hydrogen) atoms. The van der Waals surface area contributed by atoms with E-state index in [1.54, 1.807) is 0 Å². The summed E-state index contributed by atoms with van der Waals surface area (Å²) in [6.07, 6.45) is 49.7. The van der Waals surface area contributed by atoms with Crippen molar-refractivity contribution in [3.05, 3.63) is 0 Å². The van der Waals surface area contributed by atoms with Gasteiger partial charge < -0.3 is 64.6 Å². The Bertz CT molecular complexity index is 1300. The van der Waals surface area contributed by atoms with E-state index < -0.39 is 12.1 Å². The van der Waals surface area contributed by atoms with Crippen LogP contribution >= 0.6 is 21.6 Å². The molecule has 0 radical (unpaired) electrons. The number of nitrogens with two attached hydrogens (primary N) is 2. The van der Waals surface area contributed by atoms with Crippen molar-refractivity contribution in [2.45, 2.75) is 304 Å². The summed E-state index contributed by atoms with van der Waals surface area (Å²) in [5.41, 5.74) is 11.1. The van der Waals surface area contributed by atoms with Crippen LogP contribution in [-0.2, 0) is 19.2 Å². The molecule has 16 nitrogen and oxygen atoms in total. The number of nitrogens with one attached hydrogen (secondary N) is 10. The Morgan fingerprint density at radius 2 is 0.517 bits per heavy atom. The molecule has 18 heteroatoms. The summed E-state index contributed by atoms with van der Waals surface area (Å²) in [5.74, 6) is -0.160. The van der Waals surface area contributed by atoms with E-state index in [4.69, 9.17) is 11.5 Å². The van der Waals surface area contributed by atoms with Crippen molar-refractivity contribution in [3.63, 3.8) is 0 Å². The van der Waals surface area contributed by atoms with Crippen molar-refractivity contribution >= 4 is 45.2 Å². The summed E-state index contributed by atoms with van der Waals surface area (Å²) in [6, 6.07) is -1.47. The van der Waals surface area contributed by atoms with Crippen molar-refractivity contribution in [3.8, 4) is 0 Å². The van der Waals surface area contributed by atoms with Gasteiger partial charge in [-0.2, -0.15) is 0 Å². The minimum Gasteiger partial charge on any atom is -0.354 e. The molecule has 0 aliphatic rings. The van der Waals surface area contributed by atoms with Crippen LogP contribution in [0.3, 0.4) is 0 Å². The van der Waals surface area contributed by atoms with Crippen molar-refractivity contribution < 1.29 is 19.2 Å². The molecule has 0 heterocycles. The molecule has 0 aromatic rings. The zero-order chi connectivity index (χ0) is 63.0. The first-order valence-corrected chi connectivity index (χ1v) is 38.9. The predicted octanol–water partition coefficient (Wildman–Crippen LogP) is 12.3. The second-order valence-corrected chi connectivity index (χ2v) is 26.3. The maximum atomic E-state index is 13.7. The Kier molecular flexibility index (Phi) is 80.7.